The third kappa shape index (κ3) is 3.44. The molecule has 2 aromatic rings. The summed E-state index contributed by atoms with van der Waals surface area (Å²) >= 11 is 5.75. The molecule has 0 bridgehead atoms. The zero-order valence-electron chi connectivity index (χ0n) is 10.2. The van der Waals surface area contributed by atoms with E-state index in [1.165, 1.54) is 12.1 Å². The summed E-state index contributed by atoms with van der Waals surface area (Å²) in [6, 6.07) is 7.64. The maximum absolute atomic E-state index is 12.0. The third-order valence-electron chi connectivity index (χ3n) is 2.57. The third-order valence-corrected chi connectivity index (χ3v) is 4.24. The van der Waals surface area contributed by atoms with Crippen LogP contribution in [0, 0.1) is 0 Å². The van der Waals surface area contributed by atoms with Crippen LogP contribution >= 0.6 is 11.6 Å². The van der Waals surface area contributed by atoms with Crippen LogP contribution in [0.25, 0.3) is 10.9 Å². The highest BCUT2D eigenvalue weighted by Gasteiger charge is 2.14. The van der Waals surface area contributed by atoms with E-state index in [0.717, 1.165) is 0 Å². The second kappa shape index (κ2) is 5.74. The summed E-state index contributed by atoms with van der Waals surface area (Å²) in [5.74, 6) is -1.06. The minimum Gasteiger partial charge on any atom is -0.481 e. The maximum Gasteiger partial charge on any atom is 0.304 e. The Morgan fingerprint density at radius 2 is 2.05 bits per heavy atom. The average molecular weight is 315 g/mol. The normalized spacial score (nSPS) is 11.7. The van der Waals surface area contributed by atoms with E-state index in [0.29, 0.717) is 16.1 Å². The summed E-state index contributed by atoms with van der Waals surface area (Å²) in [4.78, 5) is 14.5. The highest BCUT2D eigenvalue weighted by molar-refractivity contribution is 7.89. The molecule has 2 rings (SSSR count). The summed E-state index contributed by atoms with van der Waals surface area (Å²) in [6.45, 7) is -0.158. The predicted molar refractivity (Wildman–Crippen MR) is 74.2 cm³/mol. The van der Waals surface area contributed by atoms with Crippen molar-refractivity contribution in [1.29, 1.82) is 0 Å². The molecule has 0 fully saturated rings. The highest BCUT2D eigenvalue weighted by Crippen LogP contribution is 2.19. The fourth-order valence-corrected chi connectivity index (χ4v) is 2.84. The van der Waals surface area contributed by atoms with Gasteiger partial charge in [-0.2, -0.15) is 0 Å². The minimum atomic E-state index is -3.73. The van der Waals surface area contributed by atoms with Crippen LogP contribution in [0.1, 0.15) is 6.42 Å². The molecule has 20 heavy (non-hydrogen) atoms. The van der Waals surface area contributed by atoms with Gasteiger partial charge in [0.25, 0.3) is 0 Å². The number of sulfonamides is 1. The lowest BCUT2D eigenvalue weighted by atomic mass is 10.2. The van der Waals surface area contributed by atoms with Crippen LogP contribution in [0.4, 0.5) is 0 Å². The molecule has 0 saturated carbocycles. The van der Waals surface area contributed by atoms with E-state index in [2.05, 4.69) is 9.71 Å². The topological polar surface area (TPSA) is 96.4 Å². The van der Waals surface area contributed by atoms with Gasteiger partial charge >= 0.3 is 5.97 Å². The van der Waals surface area contributed by atoms with E-state index in [-0.39, 0.29) is 17.9 Å². The molecule has 1 aromatic carbocycles. The van der Waals surface area contributed by atoms with Gasteiger partial charge in [-0.05, 0) is 30.3 Å². The van der Waals surface area contributed by atoms with Gasteiger partial charge in [0.15, 0.2) is 0 Å². The van der Waals surface area contributed by atoms with Crippen molar-refractivity contribution in [2.24, 2.45) is 0 Å². The van der Waals surface area contributed by atoms with Crippen molar-refractivity contribution >= 4 is 38.5 Å². The number of carboxylic acid groups (broad SMARTS) is 1. The molecule has 8 heteroatoms. The van der Waals surface area contributed by atoms with Gasteiger partial charge in [-0.25, -0.2) is 18.1 Å². The van der Waals surface area contributed by atoms with Crippen LogP contribution < -0.4 is 4.72 Å². The first kappa shape index (κ1) is 14.7. The van der Waals surface area contributed by atoms with Gasteiger partial charge in [0, 0.05) is 11.9 Å². The Morgan fingerprint density at radius 1 is 1.30 bits per heavy atom. The van der Waals surface area contributed by atoms with Crippen molar-refractivity contribution in [3.05, 3.63) is 35.5 Å². The van der Waals surface area contributed by atoms with Crippen LogP contribution in [0.15, 0.2) is 35.2 Å². The fraction of sp³-hybridized carbons (Fsp3) is 0.167. The number of halogens is 1. The molecular formula is C12H11ClN2O4S. The van der Waals surface area contributed by atoms with Crippen molar-refractivity contribution in [2.75, 3.05) is 6.54 Å². The second-order valence-electron chi connectivity index (χ2n) is 4.03. The number of aliphatic carboxylic acids is 1. The number of carbonyl (C=O) groups is 1. The number of nitrogens with one attached hydrogen (secondary N) is 1. The summed E-state index contributed by atoms with van der Waals surface area (Å²) < 4.78 is 26.2. The first-order valence-corrected chi connectivity index (χ1v) is 7.52. The molecule has 1 aromatic heterocycles. The Balaban J connectivity index is 2.27. The average Bonchev–Trinajstić information content (AvgIpc) is 2.37. The standard InChI is InChI=1S/C12H11ClN2O4S/c13-11-4-1-8-7-9(2-3-10(8)15-11)20(18,19)14-6-5-12(16)17/h1-4,7,14H,5-6H2,(H,16,17). The Morgan fingerprint density at radius 3 is 2.75 bits per heavy atom. The molecule has 2 N–H and O–H groups in total. The number of rotatable bonds is 5. The SMILES string of the molecule is O=C(O)CCNS(=O)(=O)c1ccc2nc(Cl)ccc2c1. The smallest absolute Gasteiger partial charge is 0.304 e. The number of hydrogen-bond donors (Lipinski definition) is 2. The van der Waals surface area contributed by atoms with E-state index in [1.807, 2.05) is 0 Å². The van der Waals surface area contributed by atoms with Crippen molar-refractivity contribution in [3.63, 3.8) is 0 Å². The Kier molecular flexibility index (Phi) is 4.22. The molecule has 0 aliphatic carbocycles. The monoisotopic (exact) mass is 314 g/mol. The molecule has 6 nitrogen and oxygen atoms in total. The Labute approximate surface area is 120 Å². The van der Waals surface area contributed by atoms with E-state index in [4.69, 9.17) is 16.7 Å². The molecule has 0 aliphatic heterocycles. The molecule has 0 aliphatic rings. The quantitative estimate of drug-likeness (QED) is 0.818. The first-order valence-electron chi connectivity index (χ1n) is 5.66. The van der Waals surface area contributed by atoms with Crippen molar-refractivity contribution in [2.45, 2.75) is 11.3 Å². The molecule has 1 heterocycles. The number of benzene rings is 1. The number of carboxylic acids is 1. The van der Waals surface area contributed by atoms with Gasteiger partial charge in [-0.1, -0.05) is 11.6 Å². The van der Waals surface area contributed by atoms with Gasteiger partial charge in [0.2, 0.25) is 10.0 Å². The van der Waals surface area contributed by atoms with Crippen LogP contribution in [-0.4, -0.2) is 31.0 Å². The van der Waals surface area contributed by atoms with Gasteiger partial charge in [0.1, 0.15) is 5.15 Å². The predicted octanol–water partition coefficient (Wildman–Crippen LogP) is 1.64. The van der Waals surface area contributed by atoms with Crippen LogP contribution in [0.3, 0.4) is 0 Å². The van der Waals surface area contributed by atoms with Gasteiger partial charge in [0.05, 0.1) is 16.8 Å². The summed E-state index contributed by atoms with van der Waals surface area (Å²) in [5.41, 5.74) is 0.585. The zero-order chi connectivity index (χ0) is 14.8. The summed E-state index contributed by atoms with van der Waals surface area (Å²) in [6.07, 6.45) is -0.274. The van der Waals surface area contributed by atoms with Gasteiger partial charge in [-0.15, -0.1) is 0 Å². The lowest BCUT2D eigenvalue weighted by molar-refractivity contribution is -0.136. The van der Waals surface area contributed by atoms with E-state index >= 15 is 0 Å². The second-order valence-corrected chi connectivity index (χ2v) is 6.18. The molecule has 0 atom stereocenters. The Bertz CT molecular complexity index is 761. The minimum absolute atomic E-state index is 0.0551. The molecular weight excluding hydrogens is 304 g/mol. The largest absolute Gasteiger partial charge is 0.481 e. The van der Waals surface area contributed by atoms with E-state index in [1.54, 1.807) is 18.2 Å². The van der Waals surface area contributed by atoms with Gasteiger partial charge in [-0.3, -0.25) is 4.79 Å². The lowest BCUT2D eigenvalue weighted by Gasteiger charge is -2.06. The molecule has 106 valence electrons. The number of hydrogen-bond acceptors (Lipinski definition) is 4. The summed E-state index contributed by atoms with van der Waals surface area (Å²) in [5, 5.41) is 9.45. The molecule has 0 radical (unpaired) electrons. The number of fused-ring (bicyclic) bond motifs is 1. The van der Waals surface area contributed by atoms with E-state index < -0.39 is 16.0 Å². The number of aromatic nitrogens is 1. The van der Waals surface area contributed by atoms with Crippen molar-refractivity contribution in [1.82, 2.24) is 9.71 Å². The molecule has 0 spiro atoms. The lowest BCUT2D eigenvalue weighted by Crippen LogP contribution is -2.26. The first-order chi connectivity index (χ1) is 9.38. The number of nitrogens with zero attached hydrogens (tertiary/aromatic N) is 1. The highest BCUT2D eigenvalue weighted by atomic mass is 35.5. The zero-order valence-corrected chi connectivity index (χ0v) is 11.8. The number of pyridine rings is 1. The van der Waals surface area contributed by atoms with Crippen LogP contribution in [-0.2, 0) is 14.8 Å². The van der Waals surface area contributed by atoms with E-state index in [9.17, 15) is 13.2 Å². The van der Waals surface area contributed by atoms with Crippen molar-refractivity contribution < 1.29 is 18.3 Å². The van der Waals surface area contributed by atoms with Crippen LogP contribution in [0.2, 0.25) is 5.15 Å². The fourth-order valence-electron chi connectivity index (χ4n) is 1.62. The molecule has 0 unspecified atom stereocenters. The molecule has 0 amide bonds. The van der Waals surface area contributed by atoms with Gasteiger partial charge < -0.3 is 5.11 Å². The maximum atomic E-state index is 12.0. The summed E-state index contributed by atoms with van der Waals surface area (Å²) in [7, 11) is -3.73. The Hall–Kier alpha value is -1.70. The van der Waals surface area contributed by atoms with Crippen LogP contribution in [0.5, 0.6) is 0 Å². The molecule has 0 saturated heterocycles. The van der Waals surface area contributed by atoms with Crippen molar-refractivity contribution in [3.8, 4) is 0 Å².